The molecule has 0 radical (unpaired) electrons. The zero-order valence-corrected chi connectivity index (χ0v) is 14.7. The highest BCUT2D eigenvalue weighted by Gasteiger charge is 2.14. The Hall–Kier alpha value is -4.00. The van der Waals surface area contributed by atoms with Crippen molar-refractivity contribution in [3.05, 3.63) is 82.8 Å². The van der Waals surface area contributed by atoms with Gasteiger partial charge in [0.25, 0.3) is 5.91 Å². The number of aromatic nitrogens is 2. The van der Waals surface area contributed by atoms with Gasteiger partial charge in [0, 0.05) is 34.4 Å². The Morgan fingerprint density at radius 3 is 2.79 bits per heavy atom. The lowest BCUT2D eigenvalue weighted by molar-refractivity contribution is -0.115. The molecule has 28 heavy (non-hydrogen) atoms. The standard InChI is InChI=1S/C21H16N4O3/c26-19(25-14-7-8-17-13(10-14)4-3-9-22-17)12-24-21(28)16-11-23-18-6-2-1-5-15(18)20(16)27/h1-11H,12H2,(H,23,27)(H,24,28)(H,25,26). The van der Waals surface area contributed by atoms with Gasteiger partial charge in [-0.15, -0.1) is 0 Å². The van der Waals surface area contributed by atoms with Gasteiger partial charge < -0.3 is 15.6 Å². The van der Waals surface area contributed by atoms with Crippen LogP contribution in [0, 0.1) is 0 Å². The van der Waals surface area contributed by atoms with Crippen molar-refractivity contribution in [2.75, 3.05) is 11.9 Å². The van der Waals surface area contributed by atoms with Gasteiger partial charge in [-0.2, -0.15) is 0 Å². The third-order valence-electron chi connectivity index (χ3n) is 4.33. The number of pyridine rings is 2. The number of anilines is 1. The van der Waals surface area contributed by atoms with Crippen LogP contribution in [0.1, 0.15) is 10.4 Å². The molecule has 0 aliphatic carbocycles. The Morgan fingerprint density at radius 2 is 1.89 bits per heavy atom. The molecular weight excluding hydrogens is 356 g/mol. The highest BCUT2D eigenvalue weighted by atomic mass is 16.2. The number of nitrogens with one attached hydrogen (secondary N) is 3. The van der Waals surface area contributed by atoms with Gasteiger partial charge in [0.05, 0.1) is 12.1 Å². The molecule has 0 unspecified atom stereocenters. The second-order valence-electron chi connectivity index (χ2n) is 6.22. The van der Waals surface area contributed by atoms with Crippen molar-refractivity contribution < 1.29 is 9.59 Å². The van der Waals surface area contributed by atoms with Gasteiger partial charge in [0.2, 0.25) is 11.3 Å². The maximum absolute atomic E-state index is 12.4. The Kier molecular flexibility index (Phi) is 4.55. The molecule has 0 fully saturated rings. The molecule has 0 aliphatic heterocycles. The number of para-hydroxylation sites is 1. The van der Waals surface area contributed by atoms with E-state index in [1.807, 2.05) is 12.1 Å². The van der Waals surface area contributed by atoms with Gasteiger partial charge >= 0.3 is 0 Å². The minimum absolute atomic E-state index is 0.0386. The summed E-state index contributed by atoms with van der Waals surface area (Å²) in [5, 5.41) is 6.51. The molecule has 7 heteroatoms. The van der Waals surface area contributed by atoms with E-state index in [1.165, 1.54) is 6.20 Å². The quantitative estimate of drug-likeness (QED) is 0.512. The number of aromatic amines is 1. The van der Waals surface area contributed by atoms with E-state index in [0.29, 0.717) is 16.6 Å². The maximum atomic E-state index is 12.4. The summed E-state index contributed by atoms with van der Waals surface area (Å²) in [4.78, 5) is 44.1. The van der Waals surface area contributed by atoms with Crippen LogP contribution in [0.2, 0.25) is 0 Å². The summed E-state index contributed by atoms with van der Waals surface area (Å²) < 4.78 is 0. The topological polar surface area (TPSA) is 104 Å². The van der Waals surface area contributed by atoms with E-state index >= 15 is 0 Å². The smallest absolute Gasteiger partial charge is 0.257 e. The lowest BCUT2D eigenvalue weighted by atomic mass is 10.1. The fourth-order valence-electron chi connectivity index (χ4n) is 2.95. The third-order valence-corrected chi connectivity index (χ3v) is 4.33. The Balaban J connectivity index is 1.43. The number of nitrogens with zero attached hydrogens (tertiary/aromatic N) is 1. The van der Waals surface area contributed by atoms with Gasteiger partial charge in [-0.3, -0.25) is 19.4 Å². The van der Waals surface area contributed by atoms with E-state index in [1.54, 1.807) is 48.7 Å². The number of hydrogen-bond donors (Lipinski definition) is 3. The van der Waals surface area contributed by atoms with Gasteiger partial charge in [0.15, 0.2) is 0 Å². The summed E-state index contributed by atoms with van der Waals surface area (Å²) >= 11 is 0. The van der Waals surface area contributed by atoms with Crippen molar-refractivity contribution in [3.8, 4) is 0 Å². The Bertz CT molecular complexity index is 1260. The zero-order valence-electron chi connectivity index (χ0n) is 14.7. The molecule has 2 aromatic heterocycles. The molecule has 3 N–H and O–H groups in total. The second-order valence-corrected chi connectivity index (χ2v) is 6.22. The lowest BCUT2D eigenvalue weighted by Gasteiger charge is -2.08. The van der Waals surface area contributed by atoms with Crippen molar-refractivity contribution in [2.45, 2.75) is 0 Å². The highest BCUT2D eigenvalue weighted by Crippen LogP contribution is 2.16. The fourth-order valence-corrected chi connectivity index (χ4v) is 2.95. The average Bonchev–Trinajstić information content (AvgIpc) is 2.72. The van der Waals surface area contributed by atoms with Crippen molar-refractivity contribution in [1.29, 1.82) is 0 Å². The number of carbonyl (C=O) groups excluding carboxylic acids is 2. The maximum Gasteiger partial charge on any atom is 0.257 e. The fraction of sp³-hybridized carbons (Fsp3) is 0.0476. The van der Waals surface area contributed by atoms with Crippen LogP contribution in [0.3, 0.4) is 0 Å². The molecular formula is C21H16N4O3. The summed E-state index contributed by atoms with van der Waals surface area (Å²) in [5.74, 6) is -1.00. The van der Waals surface area contributed by atoms with Crippen LogP contribution in [0.25, 0.3) is 21.8 Å². The molecule has 4 rings (SSSR count). The lowest BCUT2D eigenvalue weighted by Crippen LogP contribution is -2.35. The number of H-pyrrole nitrogens is 1. The normalized spacial score (nSPS) is 10.7. The molecule has 0 bridgehead atoms. The number of hydrogen-bond acceptors (Lipinski definition) is 4. The Labute approximate surface area is 159 Å². The van der Waals surface area contributed by atoms with Gasteiger partial charge in [-0.1, -0.05) is 18.2 Å². The molecule has 2 heterocycles. The number of benzene rings is 2. The van der Waals surface area contributed by atoms with Crippen LogP contribution in [-0.2, 0) is 4.79 Å². The largest absolute Gasteiger partial charge is 0.360 e. The molecule has 0 atom stereocenters. The molecule has 0 aliphatic rings. The molecule has 4 aromatic rings. The second kappa shape index (κ2) is 7.32. The molecule has 2 aromatic carbocycles. The molecule has 7 nitrogen and oxygen atoms in total. The molecule has 0 spiro atoms. The Morgan fingerprint density at radius 1 is 1.04 bits per heavy atom. The SMILES string of the molecule is O=C(CNC(=O)c1c[nH]c2ccccc2c1=O)Nc1ccc2ncccc2c1. The summed E-state index contributed by atoms with van der Waals surface area (Å²) in [5.41, 5.74) is 1.65. The zero-order chi connectivity index (χ0) is 19.5. The first kappa shape index (κ1) is 17.4. The summed E-state index contributed by atoms with van der Waals surface area (Å²) in [6.07, 6.45) is 3.05. The van der Waals surface area contributed by atoms with E-state index < -0.39 is 11.8 Å². The van der Waals surface area contributed by atoms with Crippen LogP contribution in [0.4, 0.5) is 5.69 Å². The van der Waals surface area contributed by atoms with Crippen LogP contribution in [-0.4, -0.2) is 28.3 Å². The number of amides is 2. The monoisotopic (exact) mass is 372 g/mol. The molecule has 0 saturated heterocycles. The van der Waals surface area contributed by atoms with E-state index in [9.17, 15) is 14.4 Å². The van der Waals surface area contributed by atoms with E-state index in [0.717, 1.165) is 10.9 Å². The number of carbonyl (C=O) groups is 2. The molecule has 0 saturated carbocycles. The highest BCUT2D eigenvalue weighted by molar-refractivity contribution is 6.01. The molecule has 138 valence electrons. The number of fused-ring (bicyclic) bond motifs is 2. The van der Waals surface area contributed by atoms with E-state index in [-0.39, 0.29) is 17.5 Å². The van der Waals surface area contributed by atoms with Gasteiger partial charge in [-0.05, 0) is 36.4 Å². The van der Waals surface area contributed by atoms with Crippen LogP contribution in [0.15, 0.2) is 71.8 Å². The van der Waals surface area contributed by atoms with Crippen molar-refractivity contribution in [3.63, 3.8) is 0 Å². The van der Waals surface area contributed by atoms with Gasteiger partial charge in [-0.25, -0.2) is 0 Å². The first-order chi connectivity index (χ1) is 13.6. The summed E-state index contributed by atoms with van der Waals surface area (Å²) in [6, 6.07) is 16.0. The van der Waals surface area contributed by atoms with E-state index in [4.69, 9.17) is 0 Å². The van der Waals surface area contributed by atoms with Crippen LogP contribution in [0.5, 0.6) is 0 Å². The van der Waals surface area contributed by atoms with E-state index in [2.05, 4.69) is 20.6 Å². The molecule has 2 amide bonds. The van der Waals surface area contributed by atoms with Crippen LogP contribution >= 0.6 is 0 Å². The van der Waals surface area contributed by atoms with Crippen molar-refractivity contribution in [2.24, 2.45) is 0 Å². The predicted octanol–water partition coefficient (Wildman–Crippen LogP) is 2.44. The first-order valence-corrected chi connectivity index (χ1v) is 8.65. The van der Waals surface area contributed by atoms with Crippen molar-refractivity contribution >= 4 is 39.3 Å². The predicted molar refractivity (Wildman–Crippen MR) is 107 cm³/mol. The third kappa shape index (κ3) is 3.45. The average molecular weight is 372 g/mol. The minimum atomic E-state index is -0.607. The minimum Gasteiger partial charge on any atom is -0.360 e. The van der Waals surface area contributed by atoms with Crippen molar-refractivity contribution in [1.82, 2.24) is 15.3 Å². The van der Waals surface area contributed by atoms with Crippen LogP contribution < -0.4 is 16.1 Å². The number of rotatable bonds is 4. The van der Waals surface area contributed by atoms with Gasteiger partial charge in [0.1, 0.15) is 5.56 Å². The summed E-state index contributed by atoms with van der Waals surface area (Å²) in [7, 11) is 0. The first-order valence-electron chi connectivity index (χ1n) is 8.65. The summed E-state index contributed by atoms with van der Waals surface area (Å²) in [6.45, 7) is -0.254.